The van der Waals surface area contributed by atoms with E-state index >= 15 is 0 Å². The van der Waals surface area contributed by atoms with Gasteiger partial charge in [-0.1, -0.05) is 0 Å². The SMILES string of the molecule is [Ni+2].[O-]B([O-])F. The van der Waals surface area contributed by atoms with E-state index in [4.69, 9.17) is 10.0 Å². The van der Waals surface area contributed by atoms with Gasteiger partial charge in [-0.25, -0.2) is 0 Å². The Bertz CT molecular complexity index is 14.4. The van der Waals surface area contributed by atoms with Gasteiger partial charge in [-0.2, -0.15) is 0 Å². The molecule has 0 fully saturated rings. The smallest absolute Gasteiger partial charge is 0.867 e. The molecule has 2 nitrogen and oxygen atoms in total. The Hall–Kier alpha value is 0.408. The average Bonchev–Trinajstić information content (AvgIpc) is 0.811. The number of hydrogen-bond donors (Lipinski definition) is 0. The summed E-state index contributed by atoms with van der Waals surface area (Å²) in [6.45, 7) is 0. The molecule has 0 rings (SSSR count). The molecule has 0 saturated carbocycles. The van der Waals surface area contributed by atoms with Gasteiger partial charge in [0.2, 0.25) is 0 Å². The van der Waals surface area contributed by atoms with Gasteiger partial charge >= 0.3 is 16.5 Å². The Morgan fingerprint density at radius 3 is 1.40 bits per heavy atom. The van der Waals surface area contributed by atoms with Crippen LogP contribution in [0.5, 0.6) is 0 Å². The summed E-state index contributed by atoms with van der Waals surface area (Å²) in [6, 6.07) is 0. The van der Waals surface area contributed by atoms with E-state index in [2.05, 4.69) is 0 Å². The average molecular weight is 121 g/mol. The minimum Gasteiger partial charge on any atom is -0.867 e. The van der Waals surface area contributed by atoms with Crippen molar-refractivity contribution in [3.63, 3.8) is 0 Å². The third-order valence-corrected chi connectivity index (χ3v) is 0. The third kappa shape index (κ3) is 153. The second-order valence-corrected chi connectivity index (χ2v) is 0.274. The summed E-state index contributed by atoms with van der Waals surface area (Å²) in [4.78, 5) is 0. The first-order chi connectivity index (χ1) is 1.73. The molecule has 0 radical (unpaired) electrons. The minimum atomic E-state index is -3.17. The maximum atomic E-state index is 9.89. The van der Waals surface area contributed by atoms with Gasteiger partial charge in [0.15, 0.2) is 0 Å². The molecular weight excluding hydrogens is 121 g/mol. The van der Waals surface area contributed by atoms with Gasteiger partial charge < -0.3 is 14.4 Å². The molecule has 0 aliphatic carbocycles. The zero-order valence-corrected chi connectivity index (χ0v) is 3.08. The van der Waals surface area contributed by atoms with E-state index in [0.717, 1.165) is 0 Å². The standard InChI is InChI=1S/BFO2.Ni/c2-1(3)4;/q-2;+2. The summed E-state index contributed by atoms with van der Waals surface area (Å²) in [7, 11) is -3.17. The van der Waals surface area contributed by atoms with Crippen LogP contribution < -0.4 is 10.0 Å². The van der Waals surface area contributed by atoms with Crippen LogP contribution in [0.1, 0.15) is 0 Å². The Morgan fingerprint density at radius 1 is 1.40 bits per heavy atom. The molecule has 0 unspecified atom stereocenters. The Kier molecular flexibility index (Phi) is 7.98. The van der Waals surface area contributed by atoms with Crippen LogP contribution >= 0.6 is 0 Å². The first-order valence-corrected chi connectivity index (χ1v) is 0.690. The van der Waals surface area contributed by atoms with Gasteiger partial charge in [0.25, 0.3) is 0 Å². The topological polar surface area (TPSA) is 46.1 Å². The maximum absolute atomic E-state index is 9.89. The summed E-state index contributed by atoms with van der Waals surface area (Å²) in [5, 5.41) is 16.6. The molecule has 0 N–H and O–H groups in total. The maximum Gasteiger partial charge on any atom is 2.00 e. The number of halogens is 1. The first kappa shape index (κ1) is 9.05. The van der Waals surface area contributed by atoms with Crippen molar-refractivity contribution in [3.05, 3.63) is 0 Å². The van der Waals surface area contributed by atoms with Crippen molar-refractivity contribution in [1.29, 1.82) is 0 Å². The molecular formula is BFNiO2. The molecule has 0 aromatic rings. The molecule has 0 atom stereocenters. The molecule has 0 bridgehead atoms. The summed E-state index contributed by atoms with van der Waals surface area (Å²) in [6.07, 6.45) is 0. The zero-order valence-electron chi connectivity index (χ0n) is 2.09. The first-order valence-electron chi connectivity index (χ1n) is 0.690. The van der Waals surface area contributed by atoms with Crippen LogP contribution in [-0.2, 0) is 16.5 Å². The largest absolute Gasteiger partial charge is 2.00 e. The van der Waals surface area contributed by atoms with Crippen molar-refractivity contribution in [2.75, 3.05) is 0 Å². The molecule has 32 valence electrons. The Morgan fingerprint density at radius 2 is 1.40 bits per heavy atom. The fourth-order valence-electron chi connectivity index (χ4n) is 0. The normalized spacial score (nSPS) is 5.40. The van der Waals surface area contributed by atoms with Crippen LogP contribution in [0, 0.1) is 0 Å². The van der Waals surface area contributed by atoms with Crippen LogP contribution in [0.3, 0.4) is 0 Å². The fraction of sp³-hybridized carbons (Fsp3) is 0. The van der Waals surface area contributed by atoms with Gasteiger partial charge in [0, 0.05) is 0 Å². The van der Waals surface area contributed by atoms with Crippen molar-refractivity contribution >= 4 is 7.40 Å². The summed E-state index contributed by atoms with van der Waals surface area (Å²) in [5.41, 5.74) is 0. The molecule has 5 heteroatoms. The second-order valence-electron chi connectivity index (χ2n) is 0.274. The number of hydrogen-bond acceptors (Lipinski definition) is 2. The summed E-state index contributed by atoms with van der Waals surface area (Å²) in [5.74, 6) is 0. The second kappa shape index (κ2) is 4.41. The van der Waals surface area contributed by atoms with E-state index < -0.39 is 7.40 Å². The van der Waals surface area contributed by atoms with Gasteiger partial charge in [-0.3, -0.25) is 0 Å². The molecule has 0 aliphatic heterocycles. The van der Waals surface area contributed by atoms with Crippen LogP contribution in [0.15, 0.2) is 0 Å². The van der Waals surface area contributed by atoms with Crippen LogP contribution in [-0.4, -0.2) is 7.40 Å². The Balaban J connectivity index is 0. The predicted octanol–water partition coefficient (Wildman–Crippen LogP) is -2.34. The van der Waals surface area contributed by atoms with Crippen LogP contribution in [0.2, 0.25) is 0 Å². The molecule has 0 saturated heterocycles. The summed E-state index contributed by atoms with van der Waals surface area (Å²) >= 11 is 0. The Labute approximate surface area is 39.1 Å². The molecule has 0 aliphatic rings. The van der Waals surface area contributed by atoms with Crippen molar-refractivity contribution in [2.24, 2.45) is 0 Å². The third-order valence-electron chi connectivity index (χ3n) is 0. The molecule has 0 spiro atoms. The monoisotopic (exact) mass is 120 g/mol. The quantitative estimate of drug-likeness (QED) is 0.337. The van der Waals surface area contributed by atoms with E-state index in [-0.39, 0.29) is 16.5 Å². The summed E-state index contributed by atoms with van der Waals surface area (Å²) < 4.78 is 9.89. The minimum absolute atomic E-state index is 0. The van der Waals surface area contributed by atoms with Crippen molar-refractivity contribution in [1.82, 2.24) is 0 Å². The van der Waals surface area contributed by atoms with Crippen LogP contribution in [0.4, 0.5) is 4.32 Å². The van der Waals surface area contributed by atoms with E-state index in [1.807, 2.05) is 0 Å². The zero-order chi connectivity index (χ0) is 3.58. The molecule has 0 heterocycles. The van der Waals surface area contributed by atoms with E-state index in [0.29, 0.717) is 0 Å². The van der Waals surface area contributed by atoms with E-state index in [1.165, 1.54) is 0 Å². The van der Waals surface area contributed by atoms with Crippen molar-refractivity contribution in [3.8, 4) is 0 Å². The molecule has 0 amide bonds. The molecule has 5 heavy (non-hydrogen) atoms. The van der Waals surface area contributed by atoms with Crippen molar-refractivity contribution in [2.45, 2.75) is 0 Å². The number of rotatable bonds is 0. The molecule has 0 aromatic heterocycles. The van der Waals surface area contributed by atoms with Gasteiger partial charge in [0.05, 0.1) is 0 Å². The molecule has 0 aromatic carbocycles. The van der Waals surface area contributed by atoms with Gasteiger partial charge in [-0.15, -0.1) is 0 Å². The van der Waals surface area contributed by atoms with Gasteiger partial charge in [0.1, 0.15) is 7.40 Å². The van der Waals surface area contributed by atoms with E-state index in [9.17, 15) is 4.32 Å². The van der Waals surface area contributed by atoms with Crippen molar-refractivity contribution < 1.29 is 30.9 Å². The van der Waals surface area contributed by atoms with Crippen LogP contribution in [0.25, 0.3) is 0 Å². The van der Waals surface area contributed by atoms with Gasteiger partial charge in [-0.05, 0) is 0 Å². The van der Waals surface area contributed by atoms with E-state index in [1.54, 1.807) is 0 Å². The predicted molar refractivity (Wildman–Crippen MR) is 6.86 cm³/mol. The fourth-order valence-corrected chi connectivity index (χ4v) is 0.